The van der Waals surface area contributed by atoms with Crippen LogP contribution in [0.15, 0.2) is 53.3 Å². The summed E-state index contributed by atoms with van der Waals surface area (Å²) >= 11 is 0. The van der Waals surface area contributed by atoms with E-state index in [9.17, 15) is 9.59 Å². The highest BCUT2D eigenvalue weighted by atomic mass is 16.4. The third-order valence-corrected chi connectivity index (χ3v) is 4.65. The van der Waals surface area contributed by atoms with Crippen LogP contribution >= 0.6 is 0 Å². The van der Waals surface area contributed by atoms with Crippen LogP contribution in [0.5, 0.6) is 0 Å². The lowest BCUT2D eigenvalue weighted by Crippen LogP contribution is -2.19. The molecule has 7 nitrogen and oxygen atoms in total. The normalized spacial score (nSPS) is 11.2. The minimum Gasteiger partial charge on any atom is -0.481 e. The summed E-state index contributed by atoms with van der Waals surface area (Å²) in [5, 5.41) is 14.3. The van der Waals surface area contributed by atoms with E-state index in [0.29, 0.717) is 27.9 Å². The number of hydrogen-bond acceptors (Lipinski definition) is 5. The molecule has 1 N–H and O–H groups in total. The number of para-hydroxylation sites is 1. The first-order chi connectivity index (χ1) is 13.6. The van der Waals surface area contributed by atoms with Gasteiger partial charge in [-0.1, -0.05) is 43.3 Å². The molecule has 0 radical (unpaired) electrons. The molecule has 4 aromatic rings. The van der Waals surface area contributed by atoms with E-state index in [1.807, 2.05) is 48.5 Å². The second-order valence-corrected chi connectivity index (χ2v) is 6.49. The first-order valence-corrected chi connectivity index (χ1v) is 9.06. The second kappa shape index (κ2) is 7.19. The molecule has 0 aliphatic carbocycles. The highest BCUT2D eigenvalue weighted by molar-refractivity contribution is 5.91. The molecule has 2 heterocycles. The molecule has 2 aromatic carbocycles. The molecule has 0 atom stereocenters. The van der Waals surface area contributed by atoms with Gasteiger partial charge >= 0.3 is 5.97 Å². The molecule has 0 aliphatic heterocycles. The number of aromatic nitrogens is 4. The molecule has 0 amide bonds. The van der Waals surface area contributed by atoms with Gasteiger partial charge in [0, 0.05) is 17.4 Å². The average molecular weight is 374 g/mol. The fourth-order valence-corrected chi connectivity index (χ4v) is 3.15. The molecule has 7 heteroatoms. The van der Waals surface area contributed by atoms with Gasteiger partial charge in [-0.15, -0.1) is 0 Å². The summed E-state index contributed by atoms with van der Waals surface area (Å²) in [7, 11) is 0. The largest absolute Gasteiger partial charge is 0.481 e. The maximum absolute atomic E-state index is 12.7. The van der Waals surface area contributed by atoms with Crippen LogP contribution in [0.4, 0.5) is 0 Å². The Balaban J connectivity index is 1.97. The lowest BCUT2D eigenvalue weighted by atomic mass is 10.1. The molecule has 0 bridgehead atoms. The van der Waals surface area contributed by atoms with Crippen LogP contribution in [0.1, 0.15) is 24.7 Å². The van der Waals surface area contributed by atoms with Gasteiger partial charge in [0.15, 0.2) is 11.3 Å². The molecule has 0 unspecified atom stereocenters. The van der Waals surface area contributed by atoms with Crippen molar-refractivity contribution in [3.05, 3.63) is 70.3 Å². The molecule has 0 aliphatic rings. The molecule has 0 saturated heterocycles. The fraction of sp³-hybridized carbons (Fsp3) is 0.190. The minimum atomic E-state index is -0.924. The van der Waals surface area contributed by atoms with Gasteiger partial charge in [0.05, 0.1) is 11.9 Å². The van der Waals surface area contributed by atoms with Crippen molar-refractivity contribution in [1.82, 2.24) is 19.6 Å². The average Bonchev–Trinajstić information content (AvgIpc) is 2.71. The Hall–Kier alpha value is -3.61. The van der Waals surface area contributed by atoms with Crippen LogP contribution in [0.2, 0.25) is 0 Å². The predicted octanol–water partition coefficient (Wildman–Crippen LogP) is 2.88. The lowest BCUT2D eigenvalue weighted by Gasteiger charge is -2.11. The summed E-state index contributed by atoms with van der Waals surface area (Å²) in [6.45, 7) is 2.06. The number of aliphatic carboxylic acids is 1. The van der Waals surface area contributed by atoms with Crippen molar-refractivity contribution in [1.29, 1.82) is 0 Å². The van der Waals surface area contributed by atoms with E-state index >= 15 is 0 Å². The zero-order chi connectivity index (χ0) is 19.7. The number of nitrogens with zero attached hydrogens (tertiary/aromatic N) is 4. The molecule has 2 aromatic heterocycles. The van der Waals surface area contributed by atoms with E-state index in [4.69, 9.17) is 5.11 Å². The van der Waals surface area contributed by atoms with Gasteiger partial charge in [0.25, 0.3) is 5.56 Å². The number of hydrogen-bond donors (Lipinski definition) is 1. The second-order valence-electron chi connectivity index (χ2n) is 6.49. The Bertz CT molecular complexity index is 1250. The summed E-state index contributed by atoms with van der Waals surface area (Å²) in [5.41, 5.74) is 2.65. The first kappa shape index (κ1) is 17.8. The van der Waals surface area contributed by atoms with Crippen molar-refractivity contribution in [3.63, 3.8) is 0 Å². The van der Waals surface area contributed by atoms with Crippen molar-refractivity contribution >= 4 is 22.5 Å². The Labute approximate surface area is 160 Å². The summed E-state index contributed by atoms with van der Waals surface area (Å²) in [5.74, 6) is -0.470. The van der Waals surface area contributed by atoms with Crippen LogP contribution < -0.4 is 5.56 Å². The number of carbonyl (C=O) groups is 1. The van der Waals surface area contributed by atoms with Gasteiger partial charge in [-0.3, -0.25) is 9.59 Å². The van der Waals surface area contributed by atoms with Crippen LogP contribution in [0.3, 0.4) is 0 Å². The highest BCUT2D eigenvalue weighted by Gasteiger charge is 2.15. The smallest absolute Gasteiger partial charge is 0.303 e. The molecule has 0 saturated carbocycles. The highest BCUT2D eigenvalue weighted by Crippen LogP contribution is 2.20. The zero-order valence-electron chi connectivity index (χ0n) is 15.3. The van der Waals surface area contributed by atoms with Gasteiger partial charge in [0.2, 0.25) is 0 Å². The van der Waals surface area contributed by atoms with E-state index in [0.717, 1.165) is 12.0 Å². The van der Waals surface area contributed by atoms with Crippen LogP contribution in [-0.2, 0) is 17.6 Å². The number of aryl methyl sites for hydroxylation is 2. The fourth-order valence-electron chi connectivity index (χ4n) is 3.15. The molecule has 0 spiro atoms. The van der Waals surface area contributed by atoms with Gasteiger partial charge in [-0.25, -0.2) is 4.98 Å². The summed E-state index contributed by atoms with van der Waals surface area (Å²) < 4.78 is 1.50. The van der Waals surface area contributed by atoms with Crippen molar-refractivity contribution < 1.29 is 9.90 Å². The van der Waals surface area contributed by atoms with Gasteiger partial charge < -0.3 is 5.11 Å². The predicted molar refractivity (Wildman–Crippen MR) is 105 cm³/mol. The lowest BCUT2D eigenvalue weighted by molar-refractivity contribution is -0.137. The van der Waals surface area contributed by atoms with E-state index in [1.54, 1.807) is 0 Å². The van der Waals surface area contributed by atoms with Gasteiger partial charge in [-0.2, -0.15) is 14.6 Å². The Kier molecular flexibility index (Phi) is 4.57. The number of fused-ring (bicyclic) bond motifs is 3. The van der Waals surface area contributed by atoms with E-state index < -0.39 is 11.5 Å². The van der Waals surface area contributed by atoms with Crippen molar-refractivity contribution in [2.45, 2.75) is 26.2 Å². The monoisotopic (exact) mass is 374 g/mol. The summed E-state index contributed by atoms with van der Waals surface area (Å²) in [6.07, 6.45) is 0.995. The van der Waals surface area contributed by atoms with Crippen LogP contribution in [0.25, 0.3) is 27.8 Å². The van der Waals surface area contributed by atoms with Crippen LogP contribution in [-0.4, -0.2) is 30.7 Å². The van der Waals surface area contributed by atoms with Crippen molar-refractivity contribution in [2.75, 3.05) is 0 Å². The number of rotatable bonds is 5. The van der Waals surface area contributed by atoms with Crippen molar-refractivity contribution in [3.8, 4) is 11.3 Å². The third-order valence-electron chi connectivity index (χ3n) is 4.65. The van der Waals surface area contributed by atoms with E-state index in [1.165, 1.54) is 4.52 Å². The SMILES string of the molecule is CCc1ccc(-c2nn3c(CCC(=O)O)nc4ccccc4c3nc2=O)cc1. The van der Waals surface area contributed by atoms with E-state index in [2.05, 4.69) is 22.0 Å². The standard InChI is InChI=1S/C21H18N4O3/c1-2-13-7-9-14(10-8-13)19-21(28)23-20-15-5-3-4-6-16(15)22-17(25(20)24-19)11-12-18(26)27/h3-10H,2,11-12H2,1H3,(H,26,27). The van der Waals surface area contributed by atoms with Gasteiger partial charge in [0.1, 0.15) is 5.82 Å². The molecular formula is C21H18N4O3. The maximum Gasteiger partial charge on any atom is 0.303 e. The number of carboxylic acid groups (broad SMARTS) is 1. The Morgan fingerprint density at radius 3 is 2.54 bits per heavy atom. The molecular weight excluding hydrogens is 356 g/mol. The minimum absolute atomic E-state index is 0.0885. The molecule has 4 rings (SSSR count). The van der Waals surface area contributed by atoms with E-state index in [-0.39, 0.29) is 18.5 Å². The summed E-state index contributed by atoms with van der Waals surface area (Å²) in [4.78, 5) is 32.6. The molecule has 140 valence electrons. The Morgan fingerprint density at radius 1 is 1.07 bits per heavy atom. The molecule has 0 fully saturated rings. The van der Waals surface area contributed by atoms with Crippen LogP contribution in [0, 0.1) is 0 Å². The number of benzene rings is 2. The van der Waals surface area contributed by atoms with Crippen molar-refractivity contribution in [2.24, 2.45) is 0 Å². The quantitative estimate of drug-likeness (QED) is 0.540. The summed E-state index contributed by atoms with van der Waals surface area (Å²) in [6, 6.07) is 14.9. The zero-order valence-corrected chi connectivity index (χ0v) is 15.3. The molecule has 28 heavy (non-hydrogen) atoms. The maximum atomic E-state index is 12.7. The third kappa shape index (κ3) is 3.22. The topological polar surface area (TPSA) is 97.5 Å². The van der Waals surface area contributed by atoms with Gasteiger partial charge in [-0.05, 0) is 24.1 Å². The first-order valence-electron chi connectivity index (χ1n) is 9.06. The Morgan fingerprint density at radius 2 is 1.82 bits per heavy atom. The number of carboxylic acids is 1.